The van der Waals surface area contributed by atoms with Crippen molar-refractivity contribution in [2.45, 2.75) is 25.4 Å². The molecule has 1 heterocycles. The topological polar surface area (TPSA) is 12.0 Å². The van der Waals surface area contributed by atoms with Crippen molar-refractivity contribution in [2.75, 3.05) is 13.1 Å². The lowest BCUT2D eigenvalue weighted by Crippen LogP contribution is -2.30. The molecule has 2 unspecified atom stereocenters. The van der Waals surface area contributed by atoms with E-state index in [1.54, 1.807) is 0 Å². The standard InChI is InChI=1S/C13H17BrFN/c14-12-5-3-11(4-6-12)13(15)8-10-2-1-7-16-9-10/h3-6,10,13,16H,1-2,7-9H2. The van der Waals surface area contributed by atoms with E-state index < -0.39 is 6.17 Å². The van der Waals surface area contributed by atoms with Crippen LogP contribution in [0.3, 0.4) is 0 Å². The summed E-state index contributed by atoms with van der Waals surface area (Å²) in [7, 11) is 0. The Bertz CT molecular complexity index is 319. The molecule has 1 saturated heterocycles. The summed E-state index contributed by atoms with van der Waals surface area (Å²) in [5.41, 5.74) is 0.800. The van der Waals surface area contributed by atoms with Crippen molar-refractivity contribution >= 4 is 15.9 Å². The van der Waals surface area contributed by atoms with Gasteiger partial charge in [0.2, 0.25) is 0 Å². The van der Waals surface area contributed by atoms with E-state index >= 15 is 0 Å². The largest absolute Gasteiger partial charge is 0.316 e. The molecule has 2 atom stereocenters. The van der Waals surface area contributed by atoms with Crippen LogP contribution >= 0.6 is 15.9 Å². The van der Waals surface area contributed by atoms with Crippen LogP contribution < -0.4 is 5.32 Å². The number of benzene rings is 1. The van der Waals surface area contributed by atoms with Crippen molar-refractivity contribution in [2.24, 2.45) is 5.92 Å². The third-order valence-electron chi connectivity index (χ3n) is 3.17. The molecule has 3 heteroatoms. The minimum atomic E-state index is -0.821. The maximum absolute atomic E-state index is 14.0. The van der Waals surface area contributed by atoms with Gasteiger partial charge in [0.05, 0.1) is 0 Å². The lowest BCUT2D eigenvalue weighted by atomic mass is 9.92. The first-order chi connectivity index (χ1) is 7.75. The molecule has 0 aromatic heterocycles. The summed E-state index contributed by atoms with van der Waals surface area (Å²) in [6.45, 7) is 2.06. The maximum Gasteiger partial charge on any atom is 0.125 e. The van der Waals surface area contributed by atoms with Gasteiger partial charge in [0, 0.05) is 4.47 Å². The first kappa shape index (κ1) is 12.1. The molecule has 88 valence electrons. The van der Waals surface area contributed by atoms with E-state index in [4.69, 9.17) is 0 Å². The molecule has 0 bridgehead atoms. The summed E-state index contributed by atoms with van der Waals surface area (Å²) >= 11 is 3.36. The van der Waals surface area contributed by atoms with Gasteiger partial charge in [-0.15, -0.1) is 0 Å². The Kier molecular flexibility index (Phi) is 4.36. The zero-order valence-corrected chi connectivity index (χ0v) is 10.8. The first-order valence-electron chi connectivity index (χ1n) is 5.86. The predicted molar refractivity (Wildman–Crippen MR) is 68.2 cm³/mol. The third-order valence-corrected chi connectivity index (χ3v) is 3.70. The molecular weight excluding hydrogens is 269 g/mol. The molecule has 0 saturated carbocycles. The summed E-state index contributed by atoms with van der Waals surface area (Å²) < 4.78 is 15.0. The minimum absolute atomic E-state index is 0.493. The highest BCUT2D eigenvalue weighted by Gasteiger charge is 2.19. The highest BCUT2D eigenvalue weighted by molar-refractivity contribution is 9.10. The Labute approximate surface area is 105 Å². The highest BCUT2D eigenvalue weighted by atomic mass is 79.9. The normalized spacial score (nSPS) is 23.0. The number of hydrogen-bond donors (Lipinski definition) is 1. The van der Waals surface area contributed by atoms with Crippen molar-refractivity contribution in [3.8, 4) is 0 Å². The molecule has 0 amide bonds. The van der Waals surface area contributed by atoms with Crippen molar-refractivity contribution < 1.29 is 4.39 Å². The number of hydrogen-bond acceptors (Lipinski definition) is 1. The van der Waals surface area contributed by atoms with Crippen LogP contribution in [0.25, 0.3) is 0 Å². The Balaban J connectivity index is 1.91. The molecule has 16 heavy (non-hydrogen) atoms. The number of piperidine rings is 1. The highest BCUT2D eigenvalue weighted by Crippen LogP contribution is 2.29. The molecule has 1 nitrogen and oxygen atoms in total. The van der Waals surface area contributed by atoms with E-state index in [1.165, 1.54) is 6.42 Å². The van der Waals surface area contributed by atoms with E-state index in [-0.39, 0.29) is 0 Å². The smallest absolute Gasteiger partial charge is 0.125 e. The van der Waals surface area contributed by atoms with Crippen LogP contribution in [-0.2, 0) is 0 Å². The molecule has 1 N–H and O–H groups in total. The summed E-state index contributed by atoms with van der Waals surface area (Å²) in [6.07, 6.45) is 2.16. The second-order valence-electron chi connectivity index (χ2n) is 4.47. The lowest BCUT2D eigenvalue weighted by Gasteiger charge is -2.24. The second-order valence-corrected chi connectivity index (χ2v) is 5.38. The van der Waals surface area contributed by atoms with Crippen LogP contribution in [0.4, 0.5) is 4.39 Å². The van der Waals surface area contributed by atoms with Crippen LogP contribution in [0, 0.1) is 5.92 Å². The van der Waals surface area contributed by atoms with Crippen molar-refractivity contribution in [1.29, 1.82) is 0 Å². The van der Waals surface area contributed by atoms with E-state index in [0.29, 0.717) is 12.3 Å². The van der Waals surface area contributed by atoms with Gasteiger partial charge in [-0.3, -0.25) is 0 Å². The van der Waals surface area contributed by atoms with Gasteiger partial charge in [-0.05, 0) is 56.0 Å². The van der Waals surface area contributed by atoms with Gasteiger partial charge < -0.3 is 5.32 Å². The summed E-state index contributed by atoms with van der Waals surface area (Å²) in [4.78, 5) is 0. The first-order valence-corrected chi connectivity index (χ1v) is 6.65. The van der Waals surface area contributed by atoms with Gasteiger partial charge in [-0.25, -0.2) is 4.39 Å². The average molecular weight is 286 g/mol. The van der Waals surface area contributed by atoms with Crippen LogP contribution in [0.15, 0.2) is 28.7 Å². The fraction of sp³-hybridized carbons (Fsp3) is 0.538. The van der Waals surface area contributed by atoms with Gasteiger partial charge >= 0.3 is 0 Å². The molecule has 1 fully saturated rings. The van der Waals surface area contributed by atoms with Gasteiger partial charge in [-0.1, -0.05) is 28.1 Å². The molecule has 0 radical (unpaired) electrons. The molecule has 0 aliphatic carbocycles. The Morgan fingerprint density at radius 3 is 2.75 bits per heavy atom. The molecule has 1 aliphatic rings. The Morgan fingerprint density at radius 2 is 2.12 bits per heavy atom. The SMILES string of the molecule is FC(CC1CCCNC1)c1ccc(Br)cc1. The van der Waals surface area contributed by atoms with Gasteiger partial charge in [0.25, 0.3) is 0 Å². The molecule has 1 aromatic carbocycles. The Hall–Kier alpha value is -0.410. The molecule has 0 spiro atoms. The van der Waals surface area contributed by atoms with E-state index in [2.05, 4.69) is 21.2 Å². The van der Waals surface area contributed by atoms with Gasteiger partial charge in [0.1, 0.15) is 6.17 Å². The second kappa shape index (κ2) is 5.78. The van der Waals surface area contributed by atoms with Crippen molar-refractivity contribution in [1.82, 2.24) is 5.32 Å². The quantitative estimate of drug-likeness (QED) is 0.890. The summed E-state index contributed by atoms with van der Waals surface area (Å²) in [5.74, 6) is 0.493. The Morgan fingerprint density at radius 1 is 1.38 bits per heavy atom. The summed E-state index contributed by atoms with van der Waals surface area (Å²) in [5, 5.41) is 3.33. The van der Waals surface area contributed by atoms with Crippen LogP contribution in [-0.4, -0.2) is 13.1 Å². The number of rotatable bonds is 3. The zero-order valence-electron chi connectivity index (χ0n) is 9.26. The van der Waals surface area contributed by atoms with Crippen LogP contribution in [0.5, 0.6) is 0 Å². The van der Waals surface area contributed by atoms with Gasteiger partial charge in [0.15, 0.2) is 0 Å². The molecule has 2 rings (SSSR count). The molecule has 1 aliphatic heterocycles. The number of nitrogens with one attached hydrogen (secondary N) is 1. The number of halogens is 2. The predicted octanol–water partition coefficient (Wildman–Crippen LogP) is 3.85. The monoisotopic (exact) mass is 285 g/mol. The van der Waals surface area contributed by atoms with Crippen molar-refractivity contribution in [3.05, 3.63) is 34.3 Å². The third kappa shape index (κ3) is 3.29. The van der Waals surface area contributed by atoms with Crippen LogP contribution in [0.1, 0.15) is 31.0 Å². The lowest BCUT2D eigenvalue weighted by molar-refractivity contribution is 0.243. The van der Waals surface area contributed by atoms with E-state index in [0.717, 1.165) is 29.5 Å². The molecular formula is C13H17BrFN. The van der Waals surface area contributed by atoms with Crippen LogP contribution in [0.2, 0.25) is 0 Å². The fourth-order valence-corrected chi connectivity index (χ4v) is 2.49. The van der Waals surface area contributed by atoms with E-state index in [1.807, 2.05) is 24.3 Å². The fourth-order valence-electron chi connectivity index (χ4n) is 2.23. The summed E-state index contributed by atoms with van der Waals surface area (Å²) in [6, 6.07) is 7.54. The average Bonchev–Trinajstić information content (AvgIpc) is 2.31. The maximum atomic E-state index is 14.0. The number of alkyl halides is 1. The zero-order chi connectivity index (χ0) is 11.4. The van der Waals surface area contributed by atoms with E-state index in [9.17, 15) is 4.39 Å². The van der Waals surface area contributed by atoms with Crippen molar-refractivity contribution in [3.63, 3.8) is 0 Å². The molecule has 1 aromatic rings. The van der Waals surface area contributed by atoms with Gasteiger partial charge in [-0.2, -0.15) is 0 Å². The minimum Gasteiger partial charge on any atom is -0.316 e.